The molecule has 0 radical (unpaired) electrons. The third-order valence-electron chi connectivity index (χ3n) is 6.79. The van der Waals surface area contributed by atoms with E-state index >= 15 is 0 Å². The van der Waals surface area contributed by atoms with Crippen molar-refractivity contribution < 1.29 is 66.2 Å². The van der Waals surface area contributed by atoms with E-state index < -0.39 is 67.0 Å². The summed E-state index contributed by atoms with van der Waals surface area (Å²) in [7, 11) is 0. The fourth-order valence-electron chi connectivity index (χ4n) is 4.36. The minimum atomic E-state index is -8.01. The molecule has 0 amide bonds. The average Bonchev–Trinajstić information content (AvgIpc) is 2.97. The summed E-state index contributed by atoms with van der Waals surface area (Å²) >= 11 is 0. The molecule has 242 valence electrons. The van der Waals surface area contributed by atoms with Crippen LogP contribution in [0.25, 0.3) is 0 Å². The smallest absolute Gasteiger partial charge is 0.358 e. The molecule has 0 fully saturated rings. The standard InChI is InChI=1S/C29H22F14O/c30-22(16-17-23(31,32)25(33,34)26(35,36)27(37,38)28(39,40)29(41,42)43)18-44-24(19-10-4-1-5-11-19,20-12-6-2-7-13-20)21-14-8-3-9-15-21/h1-15,22H,16-18H2. The van der Waals surface area contributed by atoms with Crippen LogP contribution in [0.5, 0.6) is 0 Å². The summed E-state index contributed by atoms with van der Waals surface area (Å²) in [6.07, 6.45) is -14.6. The minimum Gasteiger partial charge on any atom is -0.358 e. The van der Waals surface area contributed by atoms with Crippen LogP contribution < -0.4 is 0 Å². The van der Waals surface area contributed by atoms with Gasteiger partial charge in [-0.1, -0.05) is 91.0 Å². The molecule has 3 rings (SSSR count). The van der Waals surface area contributed by atoms with Crippen molar-refractivity contribution in [3.8, 4) is 0 Å². The maximum atomic E-state index is 15.0. The van der Waals surface area contributed by atoms with E-state index in [9.17, 15) is 61.5 Å². The van der Waals surface area contributed by atoms with E-state index in [-0.39, 0.29) is 0 Å². The molecule has 0 aromatic heterocycles. The summed E-state index contributed by atoms with van der Waals surface area (Å²) in [4.78, 5) is 0. The van der Waals surface area contributed by atoms with Gasteiger partial charge in [0.05, 0.1) is 6.61 Å². The van der Waals surface area contributed by atoms with Crippen molar-refractivity contribution in [2.24, 2.45) is 0 Å². The van der Waals surface area contributed by atoms with Crippen molar-refractivity contribution in [1.29, 1.82) is 0 Å². The van der Waals surface area contributed by atoms with Gasteiger partial charge >= 0.3 is 35.8 Å². The van der Waals surface area contributed by atoms with Crippen molar-refractivity contribution in [1.82, 2.24) is 0 Å². The zero-order chi connectivity index (χ0) is 33.2. The Kier molecular flexibility index (Phi) is 9.74. The first-order chi connectivity index (χ1) is 20.2. The Hall–Kier alpha value is -3.36. The van der Waals surface area contributed by atoms with Gasteiger partial charge < -0.3 is 4.74 Å². The number of hydrogen-bond acceptors (Lipinski definition) is 1. The first-order valence-electron chi connectivity index (χ1n) is 12.6. The first kappa shape index (κ1) is 35.1. The van der Waals surface area contributed by atoms with Crippen molar-refractivity contribution in [2.45, 2.75) is 60.4 Å². The highest BCUT2D eigenvalue weighted by molar-refractivity contribution is 5.47. The third kappa shape index (κ3) is 5.98. The molecule has 0 saturated heterocycles. The second-order valence-electron chi connectivity index (χ2n) is 9.73. The highest BCUT2D eigenvalue weighted by Gasteiger charge is 2.90. The number of hydrogen-bond donors (Lipinski definition) is 0. The Morgan fingerprint density at radius 2 is 0.818 bits per heavy atom. The molecule has 0 aliphatic heterocycles. The monoisotopic (exact) mass is 652 g/mol. The molecule has 15 heteroatoms. The maximum absolute atomic E-state index is 15.0. The number of halogens is 14. The van der Waals surface area contributed by atoms with E-state index in [0.717, 1.165) is 0 Å². The van der Waals surface area contributed by atoms with Crippen molar-refractivity contribution in [2.75, 3.05) is 6.61 Å². The zero-order valence-electron chi connectivity index (χ0n) is 22.1. The van der Waals surface area contributed by atoms with Gasteiger partial charge in [0, 0.05) is 6.42 Å². The third-order valence-corrected chi connectivity index (χ3v) is 6.79. The molecule has 0 aliphatic rings. The Balaban J connectivity index is 1.89. The first-order valence-corrected chi connectivity index (χ1v) is 12.6. The van der Waals surface area contributed by atoms with Crippen LogP contribution in [-0.2, 0) is 10.3 Å². The molecular weight excluding hydrogens is 630 g/mol. The van der Waals surface area contributed by atoms with Crippen LogP contribution in [0, 0.1) is 0 Å². The molecule has 3 aromatic rings. The normalized spacial score (nSPS) is 14.9. The second kappa shape index (κ2) is 12.2. The summed E-state index contributed by atoms with van der Waals surface area (Å²) in [6.45, 7) is -1.17. The van der Waals surface area contributed by atoms with Crippen LogP contribution in [0.4, 0.5) is 61.5 Å². The predicted octanol–water partition coefficient (Wildman–Crippen LogP) is 9.85. The molecule has 1 unspecified atom stereocenters. The molecule has 0 bridgehead atoms. The molecule has 0 spiro atoms. The average molecular weight is 652 g/mol. The molecule has 44 heavy (non-hydrogen) atoms. The second-order valence-corrected chi connectivity index (χ2v) is 9.73. The highest BCUT2D eigenvalue weighted by atomic mass is 19.4. The Morgan fingerprint density at radius 3 is 1.16 bits per heavy atom. The number of rotatable bonds is 13. The molecule has 3 aromatic carbocycles. The van der Waals surface area contributed by atoms with Gasteiger partial charge in [0.1, 0.15) is 11.8 Å². The SMILES string of the molecule is FC(CCC(F)(F)C(F)(F)C(F)(F)C(F)(F)C(F)(F)C(F)(F)F)COC(c1ccccc1)(c1ccccc1)c1ccccc1. The molecule has 1 atom stereocenters. The largest absolute Gasteiger partial charge is 0.460 e. The van der Waals surface area contributed by atoms with Crippen LogP contribution in [0.2, 0.25) is 0 Å². The van der Waals surface area contributed by atoms with Crippen molar-refractivity contribution in [3.63, 3.8) is 0 Å². The zero-order valence-corrected chi connectivity index (χ0v) is 22.1. The Morgan fingerprint density at radius 1 is 0.477 bits per heavy atom. The molecule has 1 nitrogen and oxygen atoms in total. The van der Waals surface area contributed by atoms with E-state index in [2.05, 4.69) is 0 Å². The maximum Gasteiger partial charge on any atom is 0.460 e. The van der Waals surface area contributed by atoms with Crippen LogP contribution in [0.15, 0.2) is 91.0 Å². The van der Waals surface area contributed by atoms with Gasteiger partial charge in [0.2, 0.25) is 0 Å². The molecular formula is C29H22F14O. The van der Waals surface area contributed by atoms with E-state index in [1.807, 2.05) is 0 Å². The van der Waals surface area contributed by atoms with E-state index in [4.69, 9.17) is 4.74 Å². The molecule has 0 N–H and O–H groups in total. The van der Waals surface area contributed by atoms with E-state index in [1.165, 1.54) is 0 Å². The van der Waals surface area contributed by atoms with Gasteiger partial charge in [-0.3, -0.25) is 0 Å². The van der Waals surface area contributed by atoms with Crippen molar-refractivity contribution >= 4 is 0 Å². The quantitative estimate of drug-likeness (QED) is 0.132. The highest BCUT2D eigenvalue weighted by Crippen LogP contribution is 2.60. The van der Waals surface area contributed by atoms with Gasteiger partial charge in [-0.2, -0.15) is 57.1 Å². The van der Waals surface area contributed by atoms with Gasteiger partial charge in [-0.05, 0) is 23.1 Å². The lowest BCUT2D eigenvalue weighted by Crippen LogP contribution is -2.70. The Bertz CT molecular complexity index is 1250. The van der Waals surface area contributed by atoms with E-state index in [1.54, 1.807) is 91.0 Å². The molecule has 0 saturated carbocycles. The summed E-state index contributed by atoms with van der Waals surface area (Å²) < 4.78 is 195. The fraction of sp³-hybridized carbons (Fsp3) is 0.379. The molecule has 0 heterocycles. The molecule has 0 aliphatic carbocycles. The van der Waals surface area contributed by atoms with Crippen molar-refractivity contribution in [3.05, 3.63) is 108 Å². The minimum absolute atomic E-state index is 0.383. The fourth-order valence-corrected chi connectivity index (χ4v) is 4.36. The topological polar surface area (TPSA) is 9.23 Å². The van der Waals surface area contributed by atoms with Crippen LogP contribution in [0.3, 0.4) is 0 Å². The summed E-state index contributed by atoms with van der Waals surface area (Å²) in [5.74, 6) is -37.6. The van der Waals surface area contributed by atoms with Gasteiger partial charge in [-0.25, -0.2) is 4.39 Å². The van der Waals surface area contributed by atoms with Gasteiger partial charge in [-0.15, -0.1) is 0 Å². The number of alkyl halides is 14. The van der Waals surface area contributed by atoms with E-state index in [0.29, 0.717) is 16.7 Å². The van der Waals surface area contributed by atoms with Gasteiger partial charge in [0.15, 0.2) is 0 Å². The predicted molar refractivity (Wildman–Crippen MR) is 130 cm³/mol. The van der Waals surface area contributed by atoms with Crippen LogP contribution in [-0.4, -0.2) is 48.6 Å². The van der Waals surface area contributed by atoms with Crippen LogP contribution >= 0.6 is 0 Å². The summed E-state index contributed by atoms with van der Waals surface area (Å²) in [6, 6.07) is 23.9. The summed E-state index contributed by atoms with van der Waals surface area (Å²) in [5, 5.41) is 0. The number of ether oxygens (including phenoxy) is 1. The van der Waals surface area contributed by atoms with Crippen LogP contribution in [0.1, 0.15) is 29.5 Å². The lowest BCUT2D eigenvalue weighted by atomic mass is 9.80. The lowest BCUT2D eigenvalue weighted by Gasteiger charge is -2.40. The lowest BCUT2D eigenvalue weighted by molar-refractivity contribution is -0.440. The summed E-state index contributed by atoms with van der Waals surface area (Å²) in [5.41, 5.74) is -0.504. The Labute approximate surface area is 241 Å². The number of benzene rings is 3. The van der Waals surface area contributed by atoms with Gasteiger partial charge in [0.25, 0.3) is 0 Å².